The van der Waals surface area contributed by atoms with Crippen molar-refractivity contribution in [2.24, 2.45) is 0 Å². The summed E-state index contributed by atoms with van der Waals surface area (Å²) in [6.45, 7) is 4.66. The topological polar surface area (TPSA) is 56.6 Å². The van der Waals surface area contributed by atoms with E-state index in [0.717, 1.165) is 17.1 Å². The predicted octanol–water partition coefficient (Wildman–Crippen LogP) is 4.84. The molecule has 0 N–H and O–H groups in total. The van der Waals surface area contributed by atoms with Crippen LogP contribution in [0.4, 0.5) is 5.69 Å². The second-order valence-corrected chi connectivity index (χ2v) is 7.54. The number of rotatable bonds is 3. The van der Waals surface area contributed by atoms with Crippen LogP contribution in [0.1, 0.15) is 21.7 Å². The molecule has 6 nitrogen and oxygen atoms in total. The van der Waals surface area contributed by atoms with Crippen molar-refractivity contribution in [3.8, 4) is 17.2 Å². The molecular formula is C21H19Cl2N3O3. The molecule has 8 heteroatoms. The number of benzene rings is 2. The van der Waals surface area contributed by atoms with Crippen LogP contribution in [0.15, 0.2) is 36.4 Å². The lowest BCUT2D eigenvalue weighted by atomic mass is 10.1. The summed E-state index contributed by atoms with van der Waals surface area (Å²) in [5.41, 5.74) is 3.35. The molecule has 0 aliphatic carbocycles. The van der Waals surface area contributed by atoms with E-state index in [9.17, 15) is 4.79 Å². The standard InChI is InChI=1S/C21H19Cl2N3O3/c1-12-20(23)13(2)26(24-12)15-6-4-5-14(9-15)21(27)25(3)17-11-19-18(10-16(17)22)28-7-8-29-19/h4-6,9-11H,7-8H2,1-3H3. The zero-order chi connectivity index (χ0) is 20.7. The van der Waals surface area contributed by atoms with E-state index < -0.39 is 0 Å². The van der Waals surface area contributed by atoms with E-state index in [1.807, 2.05) is 26.0 Å². The lowest BCUT2D eigenvalue weighted by Gasteiger charge is -2.24. The Kier molecular flexibility index (Phi) is 5.15. The van der Waals surface area contributed by atoms with Gasteiger partial charge in [0, 0.05) is 24.7 Å². The quantitative estimate of drug-likeness (QED) is 0.594. The third-order valence-corrected chi connectivity index (χ3v) is 5.67. The SMILES string of the molecule is Cc1nn(-c2cccc(C(=O)N(C)c3cc4c(cc3Cl)OCCO4)c2)c(C)c1Cl. The Labute approximate surface area is 178 Å². The maximum Gasteiger partial charge on any atom is 0.258 e. The van der Waals surface area contributed by atoms with Crippen LogP contribution in [0.25, 0.3) is 5.69 Å². The van der Waals surface area contributed by atoms with E-state index in [4.69, 9.17) is 32.7 Å². The Morgan fingerprint density at radius 3 is 2.45 bits per heavy atom. The molecule has 0 radical (unpaired) electrons. The van der Waals surface area contributed by atoms with Gasteiger partial charge < -0.3 is 14.4 Å². The Morgan fingerprint density at radius 2 is 1.79 bits per heavy atom. The van der Waals surface area contributed by atoms with E-state index >= 15 is 0 Å². The van der Waals surface area contributed by atoms with Gasteiger partial charge in [-0.1, -0.05) is 29.3 Å². The molecule has 1 aliphatic rings. The number of hydrogen-bond acceptors (Lipinski definition) is 4. The van der Waals surface area contributed by atoms with Crippen molar-refractivity contribution < 1.29 is 14.3 Å². The minimum atomic E-state index is -0.210. The molecule has 29 heavy (non-hydrogen) atoms. The summed E-state index contributed by atoms with van der Waals surface area (Å²) in [5.74, 6) is 0.939. The molecule has 3 aromatic rings. The smallest absolute Gasteiger partial charge is 0.258 e. The number of nitrogens with zero attached hydrogens (tertiary/aromatic N) is 3. The van der Waals surface area contributed by atoms with Gasteiger partial charge in [-0.25, -0.2) is 4.68 Å². The Hall–Kier alpha value is -2.70. The van der Waals surface area contributed by atoms with Crippen LogP contribution in [-0.2, 0) is 0 Å². The minimum Gasteiger partial charge on any atom is -0.486 e. The average Bonchev–Trinajstić information content (AvgIpc) is 2.99. The zero-order valence-corrected chi connectivity index (χ0v) is 17.7. The van der Waals surface area contributed by atoms with Crippen LogP contribution in [-0.4, -0.2) is 35.9 Å². The summed E-state index contributed by atoms with van der Waals surface area (Å²) in [6.07, 6.45) is 0. The molecule has 1 aromatic heterocycles. The number of fused-ring (bicyclic) bond motifs is 1. The first-order chi connectivity index (χ1) is 13.9. The second-order valence-electron chi connectivity index (χ2n) is 6.76. The van der Waals surface area contributed by atoms with Gasteiger partial charge in [-0.05, 0) is 32.0 Å². The number of carbonyl (C=O) groups is 1. The average molecular weight is 432 g/mol. The highest BCUT2D eigenvalue weighted by molar-refractivity contribution is 6.34. The molecule has 2 aromatic carbocycles. The normalized spacial score (nSPS) is 12.7. The highest BCUT2D eigenvalue weighted by atomic mass is 35.5. The number of aromatic nitrogens is 2. The van der Waals surface area contributed by atoms with Crippen molar-refractivity contribution in [1.82, 2.24) is 9.78 Å². The third kappa shape index (κ3) is 3.54. The summed E-state index contributed by atoms with van der Waals surface area (Å²) in [6, 6.07) is 10.6. The highest BCUT2D eigenvalue weighted by Gasteiger charge is 2.22. The van der Waals surface area contributed by atoms with Crippen LogP contribution in [0, 0.1) is 13.8 Å². The van der Waals surface area contributed by atoms with E-state index in [0.29, 0.717) is 46.0 Å². The second kappa shape index (κ2) is 7.61. The van der Waals surface area contributed by atoms with Crippen molar-refractivity contribution in [3.05, 3.63) is 63.4 Å². The van der Waals surface area contributed by atoms with Crippen molar-refractivity contribution in [2.45, 2.75) is 13.8 Å². The van der Waals surface area contributed by atoms with Gasteiger partial charge in [-0.2, -0.15) is 5.10 Å². The molecule has 2 heterocycles. The molecule has 0 bridgehead atoms. The van der Waals surface area contributed by atoms with Gasteiger partial charge in [0.05, 0.1) is 32.8 Å². The van der Waals surface area contributed by atoms with Crippen LogP contribution in [0.5, 0.6) is 11.5 Å². The fraction of sp³-hybridized carbons (Fsp3) is 0.238. The van der Waals surface area contributed by atoms with E-state index in [1.54, 1.807) is 36.0 Å². The number of carbonyl (C=O) groups excluding carboxylic acids is 1. The molecule has 0 saturated carbocycles. The van der Waals surface area contributed by atoms with Gasteiger partial charge in [0.15, 0.2) is 11.5 Å². The van der Waals surface area contributed by atoms with Crippen LogP contribution < -0.4 is 14.4 Å². The molecule has 0 unspecified atom stereocenters. The summed E-state index contributed by atoms with van der Waals surface area (Å²) < 4.78 is 12.9. The fourth-order valence-corrected chi connectivity index (χ4v) is 3.66. The highest BCUT2D eigenvalue weighted by Crippen LogP contribution is 2.39. The Bertz CT molecular complexity index is 1110. The number of ether oxygens (including phenoxy) is 2. The number of anilines is 1. The predicted molar refractivity (Wildman–Crippen MR) is 113 cm³/mol. The maximum absolute atomic E-state index is 13.1. The molecule has 1 amide bonds. The largest absolute Gasteiger partial charge is 0.486 e. The molecule has 0 saturated heterocycles. The van der Waals surface area contributed by atoms with Gasteiger partial charge in [0.1, 0.15) is 13.2 Å². The maximum atomic E-state index is 13.1. The van der Waals surface area contributed by atoms with Crippen molar-refractivity contribution in [3.63, 3.8) is 0 Å². The summed E-state index contributed by atoms with van der Waals surface area (Å²) >= 11 is 12.7. The van der Waals surface area contributed by atoms with Gasteiger partial charge in [0.2, 0.25) is 0 Å². The van der Waals surface area contributed by atoms with E-state index in [1.165, 1.54) is 4.90 Å². The van der Waals surface area contributed by atoms with Crippen molar-refractivity contribution >= 4 is 34.8 Å². The fourth-order valence-electron chi connectivity index (χ4n) is 3.26. The van der Waals surface area contributed by atoms with Gasteiger partial charge in [-0.3, -0.25) is 4.79 Å². The molecule has 0 fully saturated rings. The number of halogens is 2. The first-order valence-corrected chi connectivity index (χ1v) is 9.81. The van der Waals surface area contributed by atoms with Gasteiger partial charge >= 0.3 is 0 Å². The first-order valence-electron chi connectivity index (χ1n) is 9.06. The summed E-state index contributed by atoms with van der Waals surface area (Å²) in [4.78, 5) is 14.6. The van der Waals surface area contributed by atoms with E-state index in [-0.39, 0.29) is 5.91 Å². The van der Waals surface area contributed by atoms with Crippen LogP contribution in [0.2, 0.25) is 10.0 Å². The lowest BCUT2D eigenvalue weighted by Crippen LogP contribution is -2.27. The van der Waals surface area contributed by atoms with Gasteiger partial charge in [0.25, 0.3) is 5.91 Å². The Morgan fingerprint density at radius 1 is 1.10 bits per heavy atom. The summed E-state index contributed by atoms with van der Waals surface area (Å²) in [5, 5.41) is 5.48. The third-order valence-electron chi connectivity index (χ3n) is 4.82. The zero-order valence-electron chi connectivity index (χ0n) is 16.2. The number of aryl methyl sites for hydroxylation is 1. The molecular weight excluding hydrogens is 413 g/mol. The minimum absolute atomic E-state index is 0.210. The molecule has 150 valence electrons. The molecule has 1 aliphatic heterocycles. The monoisotopic (exact) mass is 431 g/mol. The van der Waals surface area contributed by atoms with Crippen LogP contribution in [0.3, 0.4) is 0 Å². The van der Waals surface area contributed by atoms with Gasteiger partial charge in [-0.15, -0.1) is 0 Å². The lowest BCUT2D eigenvalue weighted by molar-refractivity contribution is 0.0993. The van der Waals surface area contributed by atoms with E-state index in [2.05, 4.69) is 5.10 Å². The van der Waals surface area contributed by atoms with Crippen molar-refractivity contribution in [2.75, 3.05) is 25.2 Å². The van der Waals surface area contributed by atoms with Crippen LogP contribution >= 0.6 is 23.2 Å². The number of amides is 1. The molecule has 0 spiro atoms. The first kappa shape index (κ1) is 19.6. The number of hydrogen-bond donors (Lipinski definition) is 0. The molecule has 0 atom stereocenters. The van der Waals surface area contributed by atoms with Crippen molar-refractivity contribution in [1.29, 1.82) is 0 Å². The summed E-state index contributed by atoms with van der Waals surface area (Å²) in [7, 11) is 1.67. The Balaban J connectivity index is 1.67. The molecule has 4 rings (SSSR count).